The van der Waals surface area contributed by atoms with E-state index in [4.69, 9.17) is 5.21 Å². The Morgan fingerprint density at radius 1 is 1.25 bits per heavy atom. The van der Waals surface area contributed by atoms with Crippen molar-refractivity contribution < 1.29 is 14.8 Å². The van der Waals surface area contributed by atoms with E-state index in [-0.39, 0.29) is 12.2 Å². The van der Waals surface area contributed by atoms with Crippen molar-refractivity contribution in [3.8, 4) is 0 Å². The summed E-state index contributed by atoms with van der Waals surface area (Å²) in [5.74, 6) is -0.248. The molecular weight excluding hydrogens is 158 g/mol. The van der Waals surface area contributed by atoms with E-state index in [9.17, 15) is 9.59 Å². The van der Waals surface area contributed by atoms with Gasteiger partial charge in [-0.2, -0.15) is 0 Å². The number of ketones is 1. The van der Waals surface area contributed by atoms with Crippen LogP contribution in [0, 0.1) is 0 Å². The van der Waals surface area contributed by atoms with Crippen LogP contribution in [0.1, 0.15) is 39.0 Å². The van der Waals surface area contributed by atoms with Gasteiger partial charge in [0.25, 0.3) is 0 Å². The second kappa shape index (κ2) is 6.79. The number of carbonyl (C=O) groups is 2. The molecule has 0 saturated heterocycles. The summed E-state index contributed by atoms with van der Waals surface area (Å²) in [7, 11) is 0. The number of hydrogen-bond acceptors (Lipinski definition) is 3. The minimum atomic E-state index is -0.431. The Bertz CT molecular complexity index is 156. The van der Waals surface area contributed by atoms with E-state index >= 15 is 0 Å². The molecule has 2 N–H and O–H groups in total. The first-order valence-electron chi connectivity index (χ1n) is 4.15. The van der Waals surface area contributed by atoms with Gasteiger partial charge in [0, 0.05) is 19.3 Å². The van der Waals surface area contributed by atoms with Crippen LogP contribution in [-0.4, -0.2) is 16.9 Å². The number of amides is 1. The van der Waals surface area contributed by atoms with Gasteiger partial charge in [-0.15, -0.1) is 0 Å². The molecule has 0 heterocycles. The van der Waals surface area contributed by atoms with Crippen LogP contribution >= 0.6 is 0 Å². The normalized spacial score (nSPS) is 9.50. The summed E-state index contributed by atoms with van der Waals surface area (Å²) in [5.41, 5.74) is 1.52. The molecule has 1 amide bonds. The van der Waals surface area contributed by atoms with Crippen LogP contribution in [-0.2, 0) is 9.59 Å². The number of carbonyl (C=O) groups excluding carboxylic acids is 2. The van der Waals surface area contributed by atoms with Crippen molar-refractivity contribution in [2.45, 2.75) is 39.0 Å². The zero-order valence-corrected chi connectivity index (χ0v) is 7.30. The molecule has 0 saturated carbocycles. The van der Waals surface area contributed by atoms with Crippen LogP contribution in [0.4, 0.5) is 0 Å². The molecule has 0 bridgehead atoms. The van der Waals surface area contributed by atoms with E-state index in [2.05, 4.69) is 0 Å². The summed E-state index contributed by atoms with van der Waals surface area (Å²) in [6.45, 7) is 1.94. The van der Waals surface area contributed by atoms with Gasteiger partial charge < -0.3 is 0 Å². The topological polar surface area (TPSA) is 66.4 Å². The van der Waals surface area contributed by atoms with Crippen molar-refractivity contribution in [3.05, 3.63) is 0 Å². The number of hydrogen-bond donors (Lipinski definition) is 2. The number of hydroxylamine groups is 1. The summed E-state index contributed by atoms with van der Waals surface area (Å²) in [4.78, 5) is 21.4. The Hall–Kier alpha value is -0.900. The molecule has 12 heavy (non-hydrogen) atoms. The highest BCUT2D eigenvalue weighted by Gasteiger charge is 2.02. The Morgan fingerprint density at radius 3 is 2.42 bits per heavy atom. The summed E-state index contributed by atoms with van der Waals surface area (Å²) < 4.78 is 0. The lowest BCUT2D eigenvalue weighted by Gasteiger charge is -1.98. The quantitative estimate of drug-likeness (QED) is 0.465. The monoisotopic (exact) mass is 173 g/mol. The maximum Gasteiger partial charge on any atom is 0.243 e. The minimum Gasteiger partial charge on any atom is -0.300 e. The van der Waals surface area contributed by atoms with Crippen molar-refractivity contribution in [1.82, 2.24) is 5.48 Å². The first-order valence-corrected chi connectivity index (χ1v) is 4.15. The molecule has 70 valence electrons. The minimum absolute atomic E-state index is 0.184. The third kappa shape index (κ3) is 5.85. The lowest BCUT2D eigenvalue weighted by atomic mass is 10.1. The zero-order chi connectivity index (χ0) is 9.40. The lowest BCUT2D eigenvalue weighted by molar-refractivity contribution is -0.129. The average molecular weight is 173 g/mol. The predicted molar refractivity (Wildman–Crippen MR) is 43.7 cm³/mol. The van der Waals surface area contributed by atoms with Gasteiger partial charge in [0.15, 0.2) is 0 Å². The first kappa shape index (κ1) is 11.1. The molecule has 0 spiro atoms. The molecule has 0 unspecified atom stereocenters. The van der Waals surface area contributed by atoms with E-state index in [0.29, 0.717) is 19.3 Å². The number of Topliss-reactive ketones (excluding diaryl/α,β-unsaturated/α-hetero) is 1. The third-order valence-electron chi connectivity index (χ3n) is 1.51. The second-order valence-corrected chi connectivity index (χ2v) is 2.68. The fourth-order valence-corrected chi connectivity index (χ4v) is 0.906. The smallest absolute Gasteiger partial charge is 0.243 e. The summed E-state index contributed by atoms with van der Waals surface area (Å²) in [6.07, 6.45) is 2.60. The van der Waals surface area contributed by atoms with E-state index in [0.717, 1.165) is 6.42 Å². The molecule has 0 fully saturated rings. The second-order valence-electron chi connectivity index (χ2n) is 2.68. The van der Waals surface area contributed by atoms with Crippen LogP contribution in [0.15, 0.2) is 0 Å². The van der Waals surface area contributed by atoms with Crippen LogP contribution in [0.5, 0.6) is 0 Å². The summed E-state index contributed by atoms with van der Waals surface area (Å²) in [6, 6.07) is 0. The SMILES string of the molecule is CCCC(=O)CCCC(=O)NO. The summed E-state index contributed by atoms with van der Waals surface area (Å²) >= 11 is 0. The fourth-order valence-electron chi connectivity index (χ4n) is 0.906. The number of rotatable bonds is 6. The molecule has 0 radical (unpaired) electrons. The highest BCUT2D eigenvalue weighted by atomic mass is 16.5. The molecule has 0 aromatic carbocycles. The summed E-state index contributed by atoms with van der Waals surface area (Å²) in [5, 5.41) is 8.12. The van der Waals surface area contributed by atoms with E-state index in [1.807, 2.05) is 6.92 Å². The van der Waals surface area contributed by atoms with Gasteiger partial charge >= 0.3 is 0 Å². The van der Waals surface area contributed by atoms with Gasteiger partial charge in [0.2, 0.25) is 5.91 Å². The Balaban J connectivity index is 3.30. The molecule has 4 heteroatoms. The maximum atomic E-state index is 10.9. The van der Waals surface area contributed by atoms with E-state index in [1.165, 1.54) is 5.48 Å². The van der Waals surface area contributed by atoms with Crippen LogP contribution in [0.2, 0.25) is 0 Å². The van der Waals surface area contributed by atoms with Crippen LogP contribution < -0.4 is 5.48 Å². The highest BCUT2D eigenvalue weighted by molar-refractivity contribution is 5.79. The van der Waals surface area contributed by atoms with Gasteiger partial charge in [-0.25, -0.2) is 5.48 Å². The Kier molecular flexibility index (Phi) is 6.28. The molecule has 4 nitrogen and oxygen atoms in total. The molecule has 0 aliphatic carbocycles. The van der Waals surface area contributed by atoms with Crippen molar-refractivity contribution >= 4 is 11.7 Å². The van der Waals surface area contributed by atoms with Crippen LogP contribution in [0.3, 0.4) is 0 Å². The van der Waals surface area contributed by atoms with Gasteiger partial charge in [-0.1, -0.05) is 6.92 Å². The molecule has 0 atom stereocenters. The number of nitrogens with one attached hydrogen (secondary N) is 1. The largest absolute Gasteiger partial charge is 0.300 e. The van der Waals surface area contributed by atoms with Gasteiger partial charge in [0.05, 0.1) is 0 Å². The molecule has 0 aromatic rings. The molecule has 0 rings (SSSR count). The van der Waals surface area contributed by atoms with Gasteiger partial charge in [-0.3, -0.25) is 14.8 Å². The predicted octanol–water partition coefficient (Wildman–Crippen LogP) is 1.03. The van der Waals surface area contributed by atoms with Crippen LogP contribution in [0.25, 0.3) is 0 Å². The van der Waals surface area contributed by atoms with E-state index < -0.39 is 5.91 Å². The zero-order valence-electron chi connectivity index (χ0n) is 7.30. The Labute approximate surface area is 71.9 Å². The molecule has 0 aliphatic rings. The van der Waals surface area contributed by atoms with Gasteiger partial charge in [0.1, 0.15) is 5.78 Å². The molecular formula is C8H15NO3. The fraction of sp³-hybridized carbons (Fsp3) is 0.750. The standard InChI is InChI=1S/C8H15NO3/c1-2-4-7(10)5-3-6-8(11)9-12/h12H,2-6H2,1H3,(H,9,11). The average Bonchev–Trinajstić information content (AvgIpc) is 2.04. The molecule has 0 aromatic heterocycles. The molecule has 0 aliphatic heterocycles. The third-order valence-corrected chi connectivity index (χ3v) is 1.51. The van der Waals surface area contributed by atoms with E-state index in [1.54, 1.807) is 0 Å². The van der Waals surface area contributed by atoms with Crippen molar-refractivity contribution in [1.29, 1.82) is 0 Å². The Morgan fingerprint density at radius 2 is 1.92 bits per heavy atom. The van der Waals surface area contributed by atoms with Gasteiger partial charge in [-0.05, 0) is 12.8 Å². The maximum absolute atomic E-state index is 10.9. The lowest BCUT2D eigenvalue weighted by Crippen LogP contribution is -2.18. The van der Waals surface area contributed by atoms with Crippen molar-refractivity contribution in [2.75, 3.05) is 0 Å². The van der Waals surface area contributed by atoms with Crippen molar-refractivity contribution in [3.63, 3.8) is 0 Å². The first-order chi connectivity index (χ1) is 5.70. The van der Waals surface area contributed by atoms with Crippen molar-refractivity contribution in [2.24, 2.45) is 0 Å². The highest BCUT2D eigenvalue weighted by Crippen LogP contribution is 2.00.